The van der Waals surface area contributed by atoms with Crippen molar-refractivity contribution in [1.82, 2.24) is 0 Å². The van der Waals surface area contributed by atoms with Gasteiger partial charge in [0.1, 0.15) is 10.1 Å². The quantitative estimate of drug-likeness (QED) is 0.284. The van der Waals surface area contributed by atoms with Crippen molar-refractivity contribution in [3.05, 3.63) is 35.3 Å². The number of fused-ring (bicyclic) bond motifs is 1. The molecule has 2 aliphatic carbocycles. The van der Waals surface area contributed by atoms with E-state index in [1.165, 1.54) is 12.2 Å². The van der Waals surface area contributed by atoms with Crippen molar-refractivity contribution in [3.8, 4) is 0 Å². The van der Waals surface area contributed by atoms with Crippen LogP contribution in [-0.2, 0) is 19.7 Å². The number of allylic oxidation sites excluding steroid dienone is 6. The minimum absolute atomic E-state index is 0. The number of carbonyl (C=O) groups excluding carboxylic acids is 2. The average molecular weight is 262 g/mol. The fourth-order valence-corrected chi connectivity index (χ4v) is 2.64. The second-order valence-corrected chi connectivity index (χ2v) is 4.93. The molecule has 0 aromatic heterocycles. The van der Waals surface area contributed by atoms with Crippen LogP contribution in [0.3, 0.4) is 0 Å². The van der Waals surface area contributed by atoms with Crippen LogP contribution < -0.4 is 29.6 Å². The van der Waals surface area contributed by atoms with Crippen LogP contribution in [-0.4, -0.2) is 24.5 Å². The van der Waals surface area contributed by atoms with Gasteiger partial charge >= 0.3 is 29.6 Å². The monoisotopic (exact) mass is 262 g/mol. The van der Waals surface area contributed by atoms with Gasteiger partial charge in [0.05, 0.1) is 5.92 Å². The second kappa shape index (κ2) is 4.99. The number of hydrogen-bond acceptors (Lipinski definition) is 5. The Labute approximate surface area is 120 Å². The Hall–Kier alpha value is -0.530. The second-order valence-electron chi connectivity index (χ2n) is 3.55. The van der Waals surface area contributed by atoms with Gasteiger partial charge in [-0.15, -0.1) is 0 Å². The van der Waals surface area contributed by atoms with E-state index in [-0.39, 0.29) is 29.6 Å². The first-order valence-corrected chi connectivity index (χ1v) is 5.93. The van der Waals surface area contributed by atoms with Gasteiger partial charge in [0.15, 0.2) is 0 Å². The molecule has 0 saturated carbocycles. The van der Waals surface area contributed by atoms with E-state index in [0.717, 1.165) is 0 Å². The summed E-state index contributed by atoms with van der Waals surface area (Å²) < 4.78 is 32.8. The summed E-state index contributed by atoms with van der Waals surface area (Å²) in [4.78, 5) is 22.1. The largest absolute Gasteiger partial charge is 1.00 e. The molecule has 84 valence electrons. The number of rotatable bonds is 1. The number of ketones is 2. The summed E-state index contributed by atoms with van der Waals surface area (Å²) >= 11 is 0. The van der Waals surface area contributed by atoms with Crippen molar-refractivity contribution in [2.75, 3.05) is 0 Å². The molecular formula is C10H7NaO5S. The molecule has 0 aromatic rings. The van der Waals surface area contributed by atoms with E-state index in [1.54, 1.807) is 12.2 Å². The van der Waals surface area contributed by atoms with Gasteiger partial charge in [-0.05, 0) is 0 Å². The fraction of sp³-hybridized carbons (Fsp3) is 0.200. The molecule has 0 aromatic carbocycles. The zero-order valence-electron chi connectivity index (χ0n) is 8.99. The molecule has 7 heteroatoms. The topological polar surface area (TPSA) is 91.3 Å². The Morgan fingerprint density at radius 1 is 1.06 bits per heavy atom. The standard InChI is InChI=1S/C10H8O5S.Na/c11-8-5-9(16(13,14)15)6-3-1-2-4-7(6)10(8)12;/h1-7H,(H,13,14,15);/q;+1/p-1. The Balaban J connectivity index is 0.00000144. The first-order valence-electron chi connectivity index (χ1n) is 4.52. The van der Waals surface area contributed by atoms with Gasteiger partial charge in [0.2, 0.25) is 11.6 Å². The van der Waals surface area contributed by atoms with E-state index >= 15 is 0 Å². The fourth-order valence-electron chi connectivity index (χ4n) is 1.83. The first-order chi connectivity index (χ1) is 7.41. The van der Waals surface area contributed by atoms with Crippen molar-refractivity contribution >= 4 is 21.7 Å². The molecule has 0 amide bonds. The minimum Gasteiger partial charge on any atom is -0.744 e. The van der Waals surface area contributed by atoms with Crippen LogP contribution in [0.4, 0.5) is 0 Å². The van der Waals surface area contributed by atoms with Crippen LogP contribution in [0.2, 0.25) is 0 Å². The van der Waals surface area contributed by atoms with E-state index in [1.807, 2.05) is 0 Å². The Morgan fingerprint density at radius 3 is 2.12 bits per heavy atom. The molecule has 2 atom stereocenters. The van der Waals surface area contributed by atoms with E-state index in [2.05, 4.69) is 0 Å². The molecule has 2 aliphatic rings. The van der Waals surface area contributed by atoms with Crippen molar-refractivity contribution < 1.29 is 52.1 Å². The molecule has 0 N–H and O–H groups in total. The molecule has 17 heavy (non-hydrogen) atoms. The number of hydrogen-bond donors (Lipinski definition) is 0. The molecule has 0 bridgehead atoms. The van der Waals surface area contributed by atoms with Crippen molar-refractivity contribution in [2.24, 2.45) is 11.8 Å². The predicted molar refractivity (Wildman–Crippen MR) is 53.1 cm³/mol. The van der Waals surface area contributed by atoms with E-state index in [9.17, 15) is 22.6 Å². The molecule has 0 saturated heterocycles. The summed E-state index contributed by atoms with van der Waals surface area (Å²) in [6, 6.07) is 0. The van der Waals surface area contributed by atoms with Gasteiger partial charge in [0, 0.05) is 16.9 Å². The zero-order chi connectivity index (χ0) is 11.9. The molecule has 0 spiro atoms. The molecule has 0 fully saturated rings. The van der Waals surface area contributed by atoms with Gasteiger partial charge in [-0.1, -0.05) is 24.3 Å². The van der Waals surface area contributed by atoms with Gasteiger partial charge in [0.25, 0.3) is 0 Å². The molecule has 5 nitrogen and oxygen atoms in total. The zero-order valence-corrected chi connectivity index (χ0v) is 11.8. The SMILES string of the molecule is O=C1C=C(S(=O)(=O)[O-])C2C=CC=CC2C1=O.[Na+]. The third-order valence-corrected chi connectivity index (χ3v) is 3.54. The van der Waals surface area contributed by atoms with Crippen LogP contribution in [0.5, 0.6) is 0 Å². The smallest absolute Gasteiger partial charge is 0.744 e. The van der Waals surface area contributed by atoms with Crippen LogP contribution in [0.1, 0.15) is 0 Å². The van der Waals surface area contributed by atoms with Crippen LogP contribution >= 0.6 is 0 Å². The maximum absolute atomic E-state index is 11.5. The summed E-state index contributed by atoms with van der Waals surface area (Å²) in [6.45, 7) is 0. The molecule has 2 rings (SSSR count). The molecule has 2 unspecified atom stereocenters. The van der Waals surface area contributed by atoms with Crippen molar-refractivity contribution in [1.29, 1.82) is 0 Å². The van der Waals surface area contributed by atoms with Gasteiger partial charge < -0.3 is 4.55 Å². The van der Waals surface area contributed by atoms with Crippen LogP contribution in [0, 0.1) is 11.8 Å². The van der Waals surface area contributed by atoms with Gasteiger partial charge in [-0.2, -0.15) is 0 Å². The summed E-state index contributed by atoms with van der Waals surface area (Å²) in [7, 11) is -4.70. The Bertz CT molecular complexity index is 555. The maximum atomic E-state index is 11.5. The number of carbonyl (C=O) groups is 2. The van der Waals surface area contributed by atoms with Crippen LogP contribution in [0.25, 0.3) is 0 Å². The average Bonchev–Trinajstić information content (AvgIpc) is 2.22. The molecular weight excluding hydrogens is 255 g/mol. The third kappa shape index (κ3) is 2.66. The van der Waals surface area contributed by atoms with E-state index in [4.69, 9.17) is 0 Å². The van der Waals surface area contributed by atoms with Crippen molar-refractivity contribution in [2.45, 2.75) is 0 Å². The number of Topliss-reactive ketones (excluding diaryl/α,β-unsaturated/α-hetero) is 1. The normalized spacial score (nSPS) is 27.2. The van der Waals surface area contributed by atoms with Crippen molar-refractivity contribution in [3.63, 3.8) is 0 Å². The Kier molecular flexibility index (Phi) is 4.27. The summed E-state index contributed by atoms with van der Waals surface area (Å²) in [6.07, 6.45) is 6.60. The van der Waals surface area contributed by atoms with E-state index in [0.29, 0.717) is 6.08 Å². The Morgan fingerprint density at radius 2 is 1.59 bits per heavy atom. The molecule has 0 radical (unpaired) electrons. The summed E-state index contributed by atoms with van der Waals surface area (Å²) in [5, 5.41) is 0. The predicted octanol–water partition coefficient (Wildman–Crippen LogP) is -3.07. The van der Waals surface area contributed by atoms with Gasteiger partial charge in [-0.3, -0.25) is 9.59 Å². The van der Waals surface area contributed by atoms with E-state index < -0.39 is 38.4 Å². The van der Waals surface area contributed by atoms with Gasteiger partial charge in [-0.25, -0.2) is 8.42 Å². The summed E-state index contributed by atoms with van der Waals surface area (Å²) in [5.74, 6) is -3.31. The maximum Gasteiger partial charge on any atom is 1.00 e. The van der Waals surface area contributed by atoms with Crippen LogP contribution in [0.15, 0.2) is 35.3 Å². The summed E-state index contributed by atoms with van der Waals surface area (Å²) in [5.41, 5.74) is 0. The molecule has 0 aliphatic heterocycles. The molecule has 0 heterocycles. The minimum atomic E-state index is -4.70. The first kappa shape index (κ1) is 14.5. The third-order valence-electron chi connectivity index (χ3n) is 2.57.